The number of nitrogens with zero attached hydrogens (tertiary/aromatic N) is 1. The number of nitrogens with one attached hydrogen (secondary N) is 1. The minimum Gasteiger partial charge on any atom is -0.495 e. The molecule has 7 nitrogen and oxygen atoms in total. The third-order valence-electron chi connectivity index (χ3n) is 4.56. The van der Waals surface area contributed by atoms with Crippen LogP contribution < -0.4 is 10.1 Å². The van der Waals surface area contributed by atoms with Gasteiger partial charge in [0.25, 0.3) is 11.8 Å². The molecule has 3 rings (SSSR count). The fourth-order valence-electron chi connectivity index (χ4n) is 3.13. The molecule has 0 saturated carbocycles. The highest BCUT2D eigenvalue weighted by atomic mass is 35.5. The predicted molar refractivity (Wildman–Crippen MR) is 111 cm³/mol. The van der Waals surface area contributed by atoms with Gasteiger partial charge in [0.05, 0.1) is 23.6 Å². The van der Waals surface area contributed by atoms with Crippen molar-refractivity contribution in [1.29, 1.82) is 0 Å². The van der Waals surface area contributed by atoms with Crippen molar-refractivity contribution >= 4 is 46.4 Å². The fourth-order valence-corrected chi connectivity index (χ4v) is 3.99. The van der Waals surface area contributed by atoms with Crippen LogP contribution in [-0.4, -0.2) is 49.5 Å². The third-order valence-corrected chi connectivity index (χ3v) is 5.65. The molecule has 1 aromatic heterocycles. The van der Waals surface area contributed by atoms with Crippen molar-refractivity contribution in [2.45, 2.75) is 12.8 Å². The van der Waals surface area contributed by atoms with Crippen molar-refractivity contribution in [3.05, 3.63) is 45.6 Å². The molecule has 1 aliphatic rings. The van der Waals surface area contributed by atoms with Gasteiger partial charge < -0.3 is 19.7 Å². The maximum Gasteiger partial charge on any atom is 0.311 e. The van der Waals surface area contributed by atoms with Crippen LogP contribution in [0.2, 0.25) is 5.02 Å². The van der Waals surface area contributed by atoms with Crippen LogP contribution in [0.3, 0.4) is 0 Å². The molecule has 1 unspecified atom stereocenters. The Kier molecular flexibility index (Phi) is 7.11. The third kappa shape index (κ3) is 5.48. The van der Waals surface area contributed by atoms with E-state index in [-0.39, 0.29) is 5.91 Å². The quantitative estimate of drug-likeness (QED) is 0.701. The number of piperidine rings is 1. The normalized spacial score (nSPS) is 16.2. The molecule has 1 saturated heterocycles. The maximum absolute atomic E-state index is 12.5. The molecule has 1 aromatic carbocycles. The summed E-state index contributed by atoms with van der Waals surface area (Å²) in [6, 6.07) is 8.41. The second kappa shape index (κ2) is 9.76. The number of ether oxygens (including phenoxy) is 2. The summed E-state index contributed by atoms with van der Waals surface area (Å²) in [5.41, 5.74) is 0.395. The maximum atomic E-state index is 12.5. The highest BCUT2D eigenvalue weighted by Gasteiger charge is 2.30. The number of hydrogen-bond acceptors (Lipinski definition) is 6. The van der Waals surface area contributed by atoms with E-state index in [0.29, 0.717) is 47.3 Å². The first-order valence-electron chi connectivity index (χ1n) is 9.10. The number of carbonyl (C=O) groups is 3. The van der Waals surface area contributed by atoms with E-state index in [1.165, 1.54) is 18.4 Å². The summed E-state index contributed by atoms with van der Waals surface area (Å²) < 4.78 is 10.3. The highest BCUT2D eigenvalue weighted by molar-refractivity contribution is 7.12. The first-order valence-corrected chi connectivity index (χ1v) is 10.4. The molecule has 1 aliphatic heterocycles. The number of likely N-dealkylation sites (tertiary alicyclic amines) is 1. The Morgan fingerprint density at radius 3 is 2.86 bits per heavy atom. The van der Waals surface area contributed by atoms with Crippen molar-refractivity contribution in [3.63, 3.8) is 0 Å². The summed E-state index contributed by atoms with van der Waals surface area (Å²) >= 11 is 7.31. The van der Waals surface area contributed by atoms with Crippen molar-refractivity contribution in [3.8, 4) is 5.75 Å². The topological polar surface area (TPSA) is 84.9 Å². The Morgan fingerprint density at radius 1 is 1.31 bits per heavy atom. The number of carbonyl (C=O) groups excluding carboxylic acids is 3. The van der Waals surface area contributed by atoms with Gasteiger partial charge in [-0.25, -0.2) is 0 Å². The van der Waals surface area contributed by atoms with Gasteiger partial charge in [0.1, 0.15) is 5.75 Å². The fraction of sp³-hybridized carbons (Fsp3) is 0.350. The van der Waals surface area contributed by atoms with Crippen LogP contribution >= 0.6 is 22.9 Å². The molecule has 0 radical (unpaired) electrons. The molecule has 1 fully saturated rings. The summed E-state index contributed by atoms with van der Waals surface area (Å²) in [5.74, 6) is -1.06. The first-order chi connectivity index (χ1) is 14.0. The van der Waals surface area contributed by atoms with Crippen LogP contribution in [0.15, 0.2) is 35.7 Å². The number of halogens is 1. The lowest BCUT2D eigenvalue weighted by atomic mass is 9.98. The van der Waals surface area contributed by atoms with Crippen LogP contribution in [0.5, 0.6) is 5.75 Å². The largest absolute Gasteiger partial charge is 0.495 e. The summed E-state index contributed by atoms with van der Waals surface area (Å²) in [4.78, 5) is 39.4. The molecule has 0 spiro atoms. The molecule has 29 heavy (non-hydrogen) atoms. The van der Waals surface area contributed by atoms with Gasteiger partial charge in [-0.1, -0.05) is 17.7 Å². The van der Waals surface area contributed by atoms with Crippen molar-refractivity contribution in [2.75, 3.05) is 32.1 Å². The Hall–Kier alpha value is -2.58. The molecule has 0 bridgehead atoms. The van der Waals surface area contributed by atoms with E-state index < -0.39 is 24.4 Å². The number of methoxy groups -OCH3 is 1. The number of thiophene rings is 1. The number of rotatable bonds is 6. The lowest BCUT2D eigenvalue weighted by molar-refractivity contribution is -0.152. The van der Waals surface area contributed by atoms with Crippen LogP contribution in [0.4, 0.5) is 5.69 Å². The molecule has 2 amide bonds. The van der Waals surface area contributed by atoms with E-state index in [2.05, 4.69) is 5.32 Å². The minimum atomic E-state index is -0.499. The number of amides is 2. The van der Waals surface area contributed by atoms with E-state index in [0.717, 1.165) is 0 Å². The lowest BCUT2D eigenvalue weighted by Gasteiger charge is -2.31. The molecule has 154 valence electrons. The summed E-state index contributed by atoms with van der Waals surface area (Å²) in [6.45, 7) is 0.471. The molecule has 2 heterocycles. The summed E-state index contributed by atoms with van der Waals surface area (Å²) in [6.07, 6.45) is 1.33. The summed E-state index contributed by atoms with van der Waals surface area (Å²) in [7, 11) is 1.48. The zero-order chi connectivity index (χ0) is 20.8. The average molecular weight is 437 g/mol. The number of hydrogen-bond donors (Lipinski definition) is 1. The monoisotopic (exact) mass is 436 g/mol. The van der Waals surface area contributed by atoms with E-state index in [1.54, 1.807) is 29.2 Å². The number of benzene rings is 1. The minimum absolute atomic E-state index is 0.0803. The van der Waals surface area contributed by atoms with Crippen LogP contribution in [0.1, 0.15) is 22.5 Å². The zero-order valence-electron chi connectivity index (χ0n) is 15.9. The van der Waals surface area contributed by atoms with Gasteiger partial charge in [0.15, 0.2) is 6.61 Å². The highest BCUT2D eigenvalue weighted by Crippen LogP contribution is 2.27. The van der Waals surface area contributed by atoms with Gasteiger partial charge in [-0.05, 0) is 42.5 Å². The Labute approximate surface area is 177 Å². The molecular formula is C20H21ClN2O5S. The van der Waals surface area contributed by atoms with Gasteiger partial charge in [0.2, 0.25) is 0 Å². The lowest BCUT2D eigenvalue weighted by Crippen LogP contribution is -2.43. The Bertz CT molecular complexity index is 887. The van der Waals surface area contributed by atoms with Gasteiger partial charge >= 0.3 is 5.97 Å². The first kappa shape index (κ1) is 21.1. The van der Waals surface area contributed by atoms with E-state index in [9.17, 15) is 14.4 Å². The molecule has 2 aromatic rings. The average Bonchev–Trinajstić information content (AvgIpc) is 3.26. The predicted octanol–water partition coefficient (Wildman–Crippen LogP) is 3.44. The molecule has 1 N–H and O–H groups in total. The number of anilines is 1. The molecular weight excluding hydrogens is 416 g/mol. The van der Waals surface area contributed by atoms with E-state index >= 15 is 0 Å². The van der Waals surface area contributed by atoms with Gasteiger partial charge in [-0.15, -0.1) is 11.3 Å². The van der Waals surface area contributed by atoms with Crippen molar-refractivity contribution < 1.29 is 23.9 Å². The van der Waals surface area contributed by atoms with Gasteiger partial charge in [-0.3, -0.25) is 14.4 Å². The van der Waals surface area contributed by atoms with Crippen LogP contribution in [0, 0.1) is 5.92 Å². The zero-order valence-corrected chi connectivity index (χ0v) is 17.4. The number of esters is 1. The molecule has 1 atom stereocenters. The van der Waals surface area contributed by atoms with E-state index in [4.69, 9.17) is 21.1 Å². The van der Waals surface area contributed by atoms with Gasteiger partial charge in [0, 0.05) is 18.1 Å². The Morgan fingerprint density at radius 2 is 2.14 bits per heavy atom. The van der Waals surface area contributed by atoms with Gasteiger partial charge in [-0.2, -0.15) is 0 Å². The molecule has 9 heteroatoms. The van der Waals surface area contributed by atoms with E-state index in [1.807, 2.05) is 11.4 Å². The second-order valence-corrected chi connectivity index (χ2v) is 7.95. The standard InChI is InChI=1S/C20H21ClN2O5S/c1-27-16-7-6-14(21)10-15(16)22-18(24)12-28-20(26)13-4-2-8-23(11-13)19(25)17-5-3-9-29-17/h3,5-7,9-10,13H,2,4,8,11-12H2,1H3,(H,22,24). The molecule has 0 aliphatic carbocycles. The summed E-state index contributed by atoms with van der Waals surface area (Å²) in [5, 5.41) is 4.90. The second-order valence-electron chi connectivity index (χ2n) is 6.57. The van der Waals surface area contributed by atoms with Crippen molar-refractivity contribution in [1.82, 2.24) is 4.90 Å². The smallest absolute Gasteiger partial charge is 0.311 e. The van der Waals surface area contributed by atoms with Crippen molar-refractivity contribution in [2.24, 2.45) is 5.92 Å². The van der Waals surface area contributed by atoms with Crippen LogP contribution in [-0.2, 0) is 14.3 Å². The van der Waals surface area contributed by atoms with Crippen LogP contribution in [0.25, 0.3) is 0 Å². The Balaban J connectivity index is 1.51. The SMILES string of the molecule is COc1ccc(Cl)cc1NC(=O)COC(=O)C1CCCN(C(=O)c2cccs2)C1.